The summed E-state index contributed by atoms with van der Waals surface area (Å²) >= 11 is 5.97. The SMILES string of the molecule is O=c1[nH]c(CN2CCN(S(=O)(=O)c3ccc4c(c3)OCCCO4)CC2)nc2ccc(Cl)cc12. The third kappa shape index (κ3) is 4.56. The molecule has 1 saturated heterocycles. The largest absolute Gasteiger partial charge is 0.490 e. The summed E-state index contributed by atoms with van der Waals surface area (Å²) < 4.78 is 39.1. The second-order valence-electron chi connectivity index (χ2n) is 8.01. The molecule has 3 aromatic rings. The summed E-state index contributed by atoms with van der Waals surface area (Å²) in [7, 11) is -3.66. The lowest BCUT2D eigenvalue weighted by atomic mass is 10.2. The molecule has 11 heteroatoms. The van der Waals surface area contributed by atoms with Crippen LogP contribution in [0.4, 0.5) is 0 Å². The predicted molar refractivity (Wildman–Crippen MR) is 123 cm³/mol. The number of piperazine rings is 1. The molecule has 9 nitrogen and oxygen atoms in total. The Labute approximate surface area is 195 Å². The highest BCUT2D eigenvalue weighted by molar-refractivity contribution is 7.89. The molecular weight excluding hydrogens is 468 g/mol. The number of rotatable bonds is 4. The van der Waals surface area contributed by atoms with Gasteiger partial charge in [-0.1, -0.05) is 11.6 Å². The summed E-state index contributed by atoms with van der Waals surface area (Å²) in [4.78, 5) is 22.0. The maximum absolute atomic E-state index is 13.2. The normalized spacial score (nSPS) is 17.7. The molecule has 3 heterocycles. The van der Waals surface area contributed by atoms with E-state index in [0.29, 0.717) is 79.2 Å². The molecule has 0 atom stereocenters. The van der Waals surface area contributed by atoms with E-state index in [1.54, 1.807) is 36.4 Å². The average molecular weight is 491 g/mol. The van der Waals surface area contributed by atoms with Crippen molar-refractivity contribution in [3.63, 3.8) is 0 Å². The number of benzene rings is 2. The molecular formula is C22H23ClN4O5S. The van der Waals surface area contributed by atoms with Crippen molar-refractivity contribution in [3.05, 3.63) is 57.6 Å². The van der Waals surface area contributed by atoms with Gasteiger partial charge in [-0.05, 0) is 30.3 Å². The number of sulfonamides is 1. The average Bonchev–Trinajstić information content (AvgIpc) is 3.05. The van der Waals surface area contributed by atoms with Crippen LogP contribution in [0.1, 0.15) is 12.2 Å². The number of nitrogens with zero attached hydrogens (tertiary/aromatic N) is 3. The van der Waals surface area contributed by atoms with Crippen LogP contribution in [0.5, 0.6) is 11.5 Å². The van der Waals surface area contributed by atoms with E-state index >= 15 is 0 Å². The number of fused-ring (bicyclic) bond motifs is 2. The third-order valence-electron chi connectivity index (χ3n) is 5.78. The van der Waals surface area contributed by atoms with E-state index in [0.717, 1.165) is 6.42 Å². The Morgan fingerprint density at radius 3 is 2.55 bits per heavy atom. The summed E-state index contributed by atoms with van der Waals surface area (Å²) in [5, 5.41) is 0.922. The Hall–Kier alpha value is -2.66. The number of aromatic amines is 1. The van der Waals surface area contributed by atoms with E-state index in [-0.39, 0.29) is 10.5 Å². The van der Waals surface area contributed by atoms with Gasteiger partial charge in [0.25, 0.3) is 5.56 Å². The summed E-state index contributed by atoms with van der Waals surface area (Å²) in [5.74, 6) is 1.56. The quantitative estimate of drug-likeness (QED) is 0.598. The minimum Gasteiger partial charge on any atom is -0.490 e. The second-order valence-corrected chi connectivity index (χ2v) is 10.4. The Kier molecular flexibility index (Phi) is 6.00. The molecule has 0 unspecified atom stereocenters. The summed E-state index contributed by atoms with van der Waals surface area (Å²) in [6.07, 6.45) is 0.754. The Morgan fingerprint density at radius 1 is 1.00 bits per heavy atom. The molecule has 0 aliphatic carbocycles. The highest BCUT2D eigenvalue weighted by Crippen LogP contribution is 2.33. The molecule has 174 valence electrons. The van der Waals surface area contributed by atoms with E-state index in [4.69, 9.17) is 21.1 Å². The first-order valence-electron chi connectivity index (χ1n) is 10.7. The van der Waals surface area contributed by atoms with Crippen LogP contribution in [-0.2, 0) is 16.6 Å². The molecule has 0 spiro atoms. The first-order valence-corrected chi connectivity index (χ1v) is 12.5. The van der Waals surface area contributed by atoms with Crippen LogP contribution in [0.15, 0.2) is 46.1 Å². The Morgan fingerprint density at radius 2 is 1.76 bits per heavy atom. The fraction of sp³-hybridized carbons (Fsp3) is 0.364. The van der Waals surface area contributed by atoms with Gasteiger partial charge >= 0.3 is 0 Å². The smallest absolute Gasteiger partial charge is 0.258 e. The van der Waals surface area contributed by atoms with Crippen LogP contribution in [0, 0.1) is 0 Å². The summed E-state index contributed by atoms with van der Waals surface area (Å²) in [5.41, 5.74) is 0.335. The fourth-order valence-electron chi connectivity index (χ4n) is 4.03. The number of H-pyrrole nitrogens is 1. The lowest BCUT2D eigenvalue weighted by Gasteiger charge is -2.33. The van der Waals surface area contributed by atoms with Crippen LogP contribution in [0.25, 0.3) is 10.9 Å². The van der Waals surface area contributed by atoms with Crippen molar-refractivity contribution in [1.29, 1.82) is 0 Å². The Bertz CT molecular complexity index is 1350. The minimum atomic E-state index is -3.66. The second kappa shape index (κ2) is 8.94. The van der Waals surface area contributed by atoms with Crippen LogP contribution >= 0.6 is 11.6 Å². The molecule has 1 aromatic heterocycles. The summed E-state index contributed by atoms with van der Waals surface area (Å²) in [6, 6.07) is 9.76. The third-order valence-corrected chi connectivity index (χ3v) is 7.91. The van der Waals surface area contributed by atoms with E-state index in [9.17, 15) is 13.2 Å². The van der Waals surface area contributed by atoms with Gasteiger partial charge in [-0.2, -0.15) is 4.31 Å². The fourth-order valence-corrected chi connectivity index (χ4v) is 5.64. The van der Waals surface area contributed by atoms with Crippen molar-refractivity contribution in [1.82, 2.24) is 19.2 Å². The maximum atomic E-state index is 13.2. The molecule has 2 aromatic carbocycles. The van der Waals surface area contributed by atoms with Gasteiger partial charge in [-0.15, -0.1) is 0 Å². The van der Waals surface area contributed by atoms with Crippen molar-refractivity contribution in [2.24, 2.45) is 0 Å². The van der Waals surface area contributed by atoms with Gasteiger partial charge in [-0.3, -0.25) is 9.69 Å². The Balaban J connectivity index is 1.27. The number of aromatic nitrogens is 2. The first-order chi connectivity index (χ1) is 15.9. The van der Waals surface area contributed by atoms with E-state index in [2.05, 4.69) is 14.9 Å². The van der Waals surface area contributed by atoms with Crippen LogP contribution < -0.4 is 15.0 Å². The first kappa shape index (κ1) is 22.1. The molecule has 1 N–H and O–H groups in total. The highest BCUT2D eigenvalue weighted by Gasteiger charge is 2.30. The van der Waals surface area contributed by atoms with Gasteiger partial charge in [0, 0.05) is 43.7 Å². The van der Waals surface area contributed by atoms with E-state index < -0.39 is 10.0 Å². The molecule has 1 fully saturated rings. The minimum absolute atomic E-state index is 0.194. The van der Waals surface area contributed by atoms with E-state index in [1.165, 1.54) is 4.31 Å². The van der Waals surface area contributed by atoms with E-state index in [1.807, 2.05) is 0 Å². The molecule has 2 aliphatic rings. The summed E-state index contributed by atoms with van der Waals surface area (Å²) in [6.45, 7) is 3.18. The van der Waals surface area contributed by atoms with Crippen LogP contribution in [0.2, 0.25) is 5.02 Å². The van der Waals surface area contributed by atoms with Crippen LogP contribution in [0.3, 0.4) is 0 Å². The monoisotopic (exact) mass is 490 g/mol. The predicted octanol–water partition coefficient (Wildman–Crippen LogP) is 2.24. The van der Waals surface area contributed by atoms with Gasteiger partial charge in [0.15, 0.2) is 11.5 Å². The topological polar surface area (TPSA) is 105 Å². The molecule has 0 radical (unpaired) electrons. The lowest BCUT2D eigenvalue weighted by molar-refractivity contribution is 0.178. The molecule has 0 saturated carbocycles. The molecule has 0 amide bonds. The van der Waals surface area contributed by atoms with Gasteiger partial charge in [0.2, 0.25) is 10.0 Å². The number of halogens is 1. The molecule has 5 rings (SSSR count). The zero-order valence-corrected chi connectivity index (χ0v) is 19.4. The zero-order chi connectivity index (χ0) is 23.0. The van der Waals surface area contributed by atoms with Crippen molar-refractivity contribution < 1.29 is 17.9 Å². The van der Waals surface area contributed by atoms with Gasteiger partial charge in [0.1, 0.15) is 5.82 Å². The van der Waals surface area contributed by atoms with Crippen molar-refractivity contribution in [2.75, 3.05) is 39.4 Å². The van der Waals surface area contributed by atoms with Crippen LogP contribution in [-0.4, -0.2) is 67.0 Å². The molecule has 2 aliphatic heterocycles. The van der Waals surface area contributed by atoms with Crippen molar-refractivity contribution in [3.8, 4) is 11.5 Å². The number of ether oxygens (including phenoxy) is 2. The lowest BCUT2D eigenvalue weighted by Crippen LogP contribution is -2.48. The van der Waals surface area contributed by atoms with Gasteiger partial charge in [0.05, 0.1) is 35.6 Å². The van der Waals surface area contributed by atoms with Crippen molar-refractivity contribution in [2.45, 2.75) is 17.9 Å². The zero-order valence-electron chi connectivity index (χ0n) is 17.8. The molecule has 0 bridgehead atoms. The standard InChI is InChI=1S/C22H23ClN4O5S/c23-15-2-4-18-17(12-15)22(28)25-21(24-18)14-26-6-8-27(9-7-26)33(29,30)16-3-5-19-20(13-16)32-11-1-10-31-19/h2-5,12-13H,1,6-11,14H2,(H,24,25,28). The number of hydrogen-bond acceptors (Lipinski definition) is 7. The maximum Gasteiger partial charge on any atom is 0.258 e. The van der Waals surface area contributed by atoms with Gasteiger partial charge in [-0.25, -0.2) is 13.4 Å². The number of hydrogen-bond donors (Lipinski definition) is 1. The highest BCUT2D eigenvalue weighted by atomic mass is 35.5. The molecule has 33 heavy (non-hydrogen) atoms. The van der Waals surface area contributed by atoms with Gasteiger partial charge < -0.3 is 14.5 Å². The number of nitrogens with one attached hydrogen (secondary N) is 1. The van der Waals surface area contributed by atoms with Crippen molar-refractivity contribution >= 4 is 32.5 Å².